The van der Waals surface area contributed by atoms with Crippen molar-refractivity contribution in [3.63, 3.8) is 0 Å². The Hall–Kier alpha value is -4.71. The number of carbonyl (C=O) groups is 4. The summed E-state index contributed by atoms with van der Waals surface area (Å²) in [4.78, 5) is 56.7. The highest BCUT2D eigenvalue weighted by Crippen LogP contribution is 2.45. The second-order valence-electron chi connectivity index (χ2n) is 9.94. The third-order valence-corrected chi connectivity index (χ3v) is 7.51. The molecule has 0 bridgehead atoms. The van der Waals surface area contributed by atoms with Gasteiger partial charge in [0.15, 0.2) is 11.4 Å². The van der Waals surface area contributed by atoms with Crippen LogP contribution in [0.5, 0.6) is 0 Å². The number of ether oxygens (including phenoxy) is 2. The number of halogens is 2. The van der Waals surface area contributed by atoms with Crippen LogP contribution in [-0.2, 0) is 26.3 Å². The number of rotatable bonds is 6. The fraction of sp³-hybridized carbons (Fsp3) is 0.276. The Morgan fingerprint density at radius 2 is 1.90 bits per heavy atom. The first kappa shape index (κ1) is 28.8. The molecule has 1 saturated heterocycles. The van der Waals surface area contributed by atoms with Gasteiger partial charge in [-0.1, -0.05) is 11.6 Å². The summed E-state index contributed by atoms with van der Waals surface area (Å²) in [5, 5.41) is 7.69. The van der Waals surface area contributed by atoms with Gasteiger partial charge in [-0.05, 0) is 66.9 Å². The Bertz CT molecular complexity index is 1520. The lowest BCUT2D eigenvalue weighted by molar-refractivity contribution is -0.141. The van der Waals surface area contributed by atoms with Crippen LogP contribution in [0.3, 0.4) is 0 Å². The molecule has 0 saturated carbocycles. The molecule has 1 fully saturated rings. The van der Waals surface area contributed by atoms with Crippen molar-refractivity contribution in [1.82, 2.24) is 15.2 Å². The van der Waals surface area contributed by atoms with Gasteiger partial charge in [-0.2, -0.15) is 0 Å². The number of fused-ring (bicyclic) bond motifs is 2. The number of methoxy groups -OCH3 is 1. The molecule has 3 heterocycles. The second kappa shape index (κ2) is 12.0. The van der Waals surface area contributed by atoms with Crippen molar-refractivity contribution in [2.24, 2.45) is 0 Å². The Balaban J connectivity index is 1.40. The summed E-state index contributed by atoms with van der Waals surface area (Å²) in [7, 11) is 1.24. The molecule has 13 heteroatoms. The first-order valence-electron chi connectivity index (χ1n) is 13.1. The zero-order valence-corrected chi connectivity index (χ0v) is 23.2. The third-order valence-electron chi connectivity index (χ3n) is 7.21. The molecule has 4 amide bonds. The molecule has 218 valence electrons. The maximum absolute atomic E-state index is 15.3. The van der Waals surface area contributed by atoms with E-state index < -0.39 is 41.5 Å². The van der Waals surface area contributed by atoms with Crippen LogP contribution in [0.15, 0.2) is 60.9 Å². The summed E-state index contributed by atoms with van der Waals surface area (Å²) in [6, 6.07) is 11.4. The highest BCUT2D eigenvalue weighted by atomic mass is 35.5. The largest absolute Gasteiger partial charge is 0.453 e. The SMILES string of the molecule is COC(=O)Nc1ccc(C(=O)N[C@@H](Cc2ccncc2)C(=O)N2CCC[C@@]3(C2)OC(=O)Nc2ccc(Cl)c(F)c23)cc1. The molecular weight excluding hydrogens is 569 g/mol. The average Bonchev–Trinajstić information content (AvgIpc) is 2.99. The minimum absolute atomic E-state index is 0.0856. The number of hydrogen-bond acceptors (Lipinski definition) is 7. The summed E-state index contributed by atoms with van der Waals surface area (Å²) >= 11 is 6.08. The van der Waals surface area contributed by atoms with Gasteiger partial charge in [-0.25, -0.2) is 14.0 Å². The number of hydrogen-bond donors (Lipinski definition) is 3. The predicted octanol–water partition coefficient (Wildman–Crippen LogP) is 4.47. The lowest BCUT2D eigenvalue weighted by atomic mass is 9.82. The van der Waals surface area contributed by atoms with Gasteiger partial charge in [0.05, 0.1) is 29.9 Å². The van der Waals surface area contributed by atoms with Crippen LogP contribution in [0.1, 0.15) is 34.3 Å². The summed E-state index contributed by atoms with van der Waals surface area (Å²) in [5.41, 5.74) is 0.298. The van der Waals surface area contributed by atoms with Crippen LogP contribution < -0.4 is 16.0 Å². The van der Waals surface area contributed by atoms with Crippen molar-refractivity contribution in [3.8, 4) is 0 Å². The number of nitrogens with zero attached hydrogens (tertiary/aromatic N) is 2. The zero-order valence-electron chi connectivity index (χ0n) is 22.5. The van der Waals surface area contributed by atoms with Crippen molar-refractivity contribution < 1.29 is 33.0 Å². The molecule has 2 aliphatic rings. The minimum atomic E-state index is -1.45. The molecule has 5 rings (SSSR count). The molecule has 2 atom stereocenters. The molecule has 1 aromatic heterocycles. The lowest BCUT2D eigenvalue weighted by Gasteiger charge is -2.45. The van der Waals surface area contributed by atoms with E-state index >= 15 is 4.39 Å². The summed E-state index contributed by atoms with van der Waals surface area (Å²) in [6.45, 7) is 0.180. The number of aromatic nitrogens is 1. The number of likely N-dealkylation sites (tertiary alicyclic amines) is 1. The van der Waals surface area contributed by atoms with Gasteiger partial charge >= 0.3 is 12.2 Å². The number of anilines is 2. The third kappa shape index (κ3) is 5.98. The first-order chi connectivity index (χ1) is 20.2. The number of pyridine rings is 1. The fourth-order valence-electron chi connectivity index (χ4n) is 5.25. The predicted molar refractivity (Wildman–Crippen MR) is 151 cm³/mol. The van der Waals surface area contributed by atoms with Crippen molar-refractivity contribution in [2.45, 2.75) is 30.9 Å². The van der Waals surface area contributed by atoms with Crippen LogP contribution in [0.4, 0.5) is 25.4 Å². The van der Waals surface area contributed by atoms with Gasteiger partial charge in [0.25, 0.3) is 5.91 Å². The molecule has 0 unspecified atom stereocenters. The van der Waals surface area contributed by atoms with Crippen molar-refractivity contribution in [1.29, 1.82) is 0 Å². The van der Waals surface area contributed by atoms with E-state index in [0.29, 0.717) is 18.7 Å². The average molecular weight is 596 g/mol. The maximum Gasteiger partial charge on any atom is 0.412 e. The van der Waals surface area contributed by atoms with Gasteiger partial charge in [-0.15, -0.1) is 0 Å². The number of benzene rings is 2. The second-order valence-corrected chi connectivity index (χ2v) is 10.3. The van der Waals surface area contributed by atoms with E-state index in [1.165, 1.54) is 48.4 Å². The molecule has 2 aromatic carbocycles. The smallest absolute Gasteiger partial charge is 0.412 e. The molecule has 2 aliphatic heterocycles. The van der Waals surface area contributed by atoms with Gasteiger partial charge in [0.2, 0.25) is 5.91 Å². The molecule has 3 aromatic rings. The van der Waals surface area contributed by atoms with E-state index in [4.69, 9.17) is 16.3 Å². The van der Waals surface area contributed by atoms with Crippen LogP contribution in [0, 0.1) is 5.82 Å². The van der Waals surface area contributed by atoms with E-state index in [9.17, 15) is 19.2 Å². The standard InChI is InChI=1S/C29H27ClFN5O6/c1-41-27(39)33-19-5-3-18(4-6-19)25(37)34-22(15-17-9-12-32-13-10-17)26(38)36-14-2-11-29(16-36)23-21(35-28(40)42-29)8-7-20(30)24(23)31/h3-10,12-13,22H,2,11,14-16H2,1H3,(H,33,39)(H,34,37)(H,35,40)/t22-,29-/m0/s1. The van der Waals surface area contributed by atoms with Gasteiger partial charge in [-0.3, -0.25) is 25.2 Å². The van der Waals surface area contributed by atoms with E-state index in [0.717, 1.165) is 5.56 Å². The molecule has 11 nitrogen and oxygen atoms in total. The highest BCUT2D eigenvalue weighted by molar-refractivity contribution is 6.31. The Morgan fingerprint density at radius 1 is 1.17 bits per heavy atom. The number of carbonyl (C=O) groups excluding carboxylic acids is 4. The molecule has 0 radical (unpaired) electrons. The molecular formula is C29H27ClFN5O6. The molecule has 42 heavy (non-hydrogen) atoms. The summed E-state index contributed by atoms with van der Waals surface area (Å²) < 4.78 is 25.6. The van der Waals surface area contributed by atoms with Crippen molar-refractivity contribution >= 4 is 47.0 Å². The van der Waals surface area contributed by atoms with Gasteiger partial charge < -0.3 is 19.7 Å². The summed E-state index contributed by atoms with van der Waals surface area (Å²) in [5.74, 6) is -1.67. The van der Waals surface area contributed by atoms with Gasteiger partial charge in [0.1, 0.15) is 6.04 Å². The zero-order chi connectivity index (χ0) is 29.9. The van der Waals surface area contributed by atoms with E-state index in [-0.39, 0.29) is 41.2 Å². The first-order valence-corrected chi connectivity index (χ1v) is 13.5. The lowest BCUT2D eigenvalue weighted by Crippen LogP contribution is -2.57. The molecule has 3 N–H and O–H groups in total. The van der Waals surface area contributed by atoms with Crippen LogP contribution in [0.25, 0.3) is 0 Å². The van der Waals surface area contributed by atoms with Crippen LogP contribution in [-0.4, -0.2) is 60.1 Å². The quantitative estimate of drug-likeness (QED) is 0.382. The van der Waals surface area contributed by atoms with Gasteiger partial charge in [0, 0.05) is 36.6 Å². The van der Waals surface area contributed by atoms with E-state index in [1.807, 2.05) is 0 Å². The fourth-order valence-corrected chi connectivity index (χ4v) is 5.41. The maximum atomic E-state index is 15.3. The topological polar surface area (TPSA) is 139 Å². The van der Waals surface area contributed by atoms with Crippen LogP contribution in [0.2, 0.25) is 5.02 Å². The molecule has 0 aliphatic carbocycles. The Labute approximate surface area is 245 Å². The van der Waals surface area contributed by atoms with Crippen molar-refractivity contribution in [2.75, 3.05) is 30.8 Å². The van der Waals surface area contributed by atoms with E-state index in [2.05, 4.69) is 25.7 Å². The van der Waals surface area contributed by atoms with Crippen LogP contribution >= 0.6 is 11.6 Å². The Morgan fingerprint density at radius 3 is 2.62 bits per heavy atom. The summed E-state index contributed by atoms with van der Waals surface area (Å²) in [6.07, 6.45) is 2.59. The monoisotopic (exact) mass is 595 g/mol. The number of nitrogens with one attached hydrogen (secondary N) is 3. The number of amides is 4. The Kier molecular flexibility index (Phi) is 8.25. The van der Waals surface area contributed by atoms with E-state index in [1.54, 1.807) is 24.5 Å². The number of piperidine rings is 1. The molecule has 1 spiro atoms. The van der Waals surface area contributed by atoms with Crippen molar-refractivity contribution in [3.05, 3.63) is 88.5 Å². The normalized spacial score (nSPS) is 18.3. The highest BCUT2D eigenvalue weighted by Gasteiger charge is 2.49. The minimum Gasteiger partial charge on any atom is -0.453 e.